The topological polar surface area (TPSA) is 49.5 Å². The number of nitrogens with zero attached hydrogens (tertiary/aromatic N) is 1. The van der Waals surface area contributed by atoms with E-state index in [9.17, 15) is 18.3 Å². The SMILES string of the molecule is CN(C1CCCCC1O)C(CCN)C(F)(F)F. The van der Waals surface area contributed by atoms with Crippen molar-refractivity contribution in [3.05, 3.63) is 0 Å². The number of aliphatic hydroxyl groups is 1. The summed E-state index contributed by atoms with van der Waals surface area (Å²) in [4.78, 5) is 1.26. The average molecular weight is 254 g/mol. The first-order valence-corrected chi connectivity index (χ1v) is 6.04. The zero-order valence-electron chi connectivity index (χ0n) is 10.1. The molecule has 17 heavy (non-hydrogen) atoms. The van der Waals surface area contributed by atoms with E-state index in [4.69, 9.17) is 5.73 Å². The molecule has 1 aliphatic rings. The van der Waals surface area contributed by atoms with Gasteiger partial charge in [0.1, 0.15) is 6.04 Å². The maximum Gasteiger partial charge on any atom is 0.404 e. The van der Waals surface area contributed by atoms with E-state index in [2.05, 4.69) is 0 Å². The van der Waals surface area contributed by atoms with Crippen molar-refractivity contribution in [2.45, 2.75) is 56.5 Å². The molecule has 1 saturated carbocycles. The molecule has 1 rings (SSSR count). The van der Waals surface area contributed by atoms with Crippen molar-refractivity contribution >= 4 is 0 Å². The zero-order chi connectivity index (χ0) is 13.1. The summed E-state index contributed by atoms with van der Waals surface area (Å²) in [5, 5.41) is 9.78. The summed E-state index contributed by atoms with van der Waals surface area (Å²) >= 11 is 0. The van der Waals surface area contributed by atoms with Gasteiger partial charge in [-0.3, -0.25) is 4.90 Å². The lowest BCUT2D eigenvalue weighted by molar-refractivity contribution is -0.193. The predicted molar refractivity (Wildman–Crippen MR) is 59.5 cm³/mol. The first-order chi connectivity index (χ1) is 7.88. The summed E-state index contributed by atoms with van der Waals surface area (Å²) in [6, 6.07) is -1.95. The maximum absolute atomic E-state index is 12.9. The third-order valence-electron chi connectivity index (χ3n) is 3.53. The van der Waals surface area contributed by atoms with Gasteiger partial charge < -0.3 is 10.8 Å². The second-order valence-electron chi connectivity index (χ2n) is 4.72. The summed E-state index contributed by atoms with van der Waals surface area (Å²) in [7, 11) is 1.44. The quantitative estimate of drug-likeness (QED) is 0.799. The minimum absolute atomic E-state index is 0.00265. The third-order valence-corrected chi connectivity index (χ3v) is 3.53. The van der Waals surface area contributed by atoms with Crippen molar-refractivity contribution in [2.75, 3.05) is 13.6 Å². The molecule has 0 aromatic carbocycles. The molecule has 1 fully saturated rings. The Labute approximate surface area is 99.8 Å². The van der Waals surface area contributed by atoms with Crippen LogP contribution in [0.4, 0.5) is 13.2 Å². The summed E-state index contributed by atoms with van der Waals surface area (Å²) in [6.45, 7) is -0.00265. The Morgan fingerprint density at radius 2 is 1.94 bits per heavy atom. The van der Waals surface area contributed by atoms with Crippen LogP contribution in [-0.2, 0) is 0 Å². The van der Waals surface area contributed by atoms with Crippen LogP contribution in [0.2, 0.25) is 0 Å². The van der Waals surface area contributed by atoms with Crippen molar-refractivity contribution in [3.8, 4) is 0 Å². The van der Waals surface area contributed by atoms with Crippen LogP contribution >= 0.6 is 0 Å². The molecule has 0 bridgehead atoms. The number of hydrogen-bond acceptors (Lipinski definition) is 3. The van der Waals surface area contributed by atoms with Crippen LogP contribution in [0.15, 0.2) is 0 Å². The Kier molecular flexibility index (Phi) is 5.22. The molecule has 0 aromatic heterocycles. The van der Waals surface area contributed by atoms with Crippen molar-refractivity contribution in [1.29, 1.82) is 0 Å². The number of halogens is 3. The van der Waals surface area contributed by atoms with Crippen LogP contribution in [0.3, 0.4) is 0 Å². The number of hydrogen-bond donors (Lipinski definition) is 2. The van der Waals surface area contributed by atoms with Gasteiger partial charge in [0.15, 0.2) is 0 Å². The van der Waals surface area contributed by atoms with Crippen LogP contribution in [0.5, 0.6) is 0 Å². The second-order valence-corrected chi connectivity index (χ2v) is 4.72. The van der Waals surface area contributed by atoms with Gasteiger partial charge in [0, 0.05) is 6.04 Å². The molecule has 0 spiro atoms. The Morgan fingerprint density at radius 3 is 2.41 bits per heavy atom. The van der Waals surface area contributed by atoms with E-state index in [-0.39, 0.29) is 13.0 Å². The van der Waals surface area contributed by atoms with Gasteiger partial charge in [0.25, 0.3) is 0 Å². The monoisotopic (exact) mass is 254 g/mol. The lowest BCUT2D eigenvalue weighted by Gasteiger charge is -2.40. The van der Waals surface area contributed by atoms with Crippen LogP contribution < -0.4 is 5.73 Å². The van der Waals surface area contributed by atoms with E-state index in [0.29, 0.717) is 12.8 Å². The molecule has 0 heterocycles. The van der Waals surface area contributed by atoms with E-state index >= 15 is 0 Å². The minimum Gasteiger partial charge on any atom is -0.391 e. The van der Waals surface area contributed by atoms with Gasteiger partial charge in [-0.1, -0.05) is 12.8 Å². The number of nitrogens with two attached hydrogens (primary N) is 1. The molecular weight excluding hydrogens is 233 g/mol. The van der Waals surface area contributed by atoms with Crippen LogP contribution in [0.25, 0.3) is 0 Å². The molecule has 0 radical (unpaired) electrons. The Morgan fingerprint density at radius 1 is 1.35 bits per heavy atom. The van der Waals surface area contributed by atoms with Crippen molar-refractivity contribution < 1.29 is 18.3 Å². The first-order valence-electron chi connectivity index (χ1n) is 6.04. The number of likely N-dealkylation sites (N-methyl/N-ethyl adjacent to an activating group) is 1. The molecule has 3 N–H and O–H groups in total. The number of rotatable bonds is 4. The van der Waals surface area contributed by atoms with E-state index < -0.39 is 24.4 Å². The molecule has 0 aromatic rings. The predicted octanol–water partition coefficient (Wildman–Crippen LogP) is 1.50. The standard InChI is InChI=1S/C11H21F3N2O/c1-16(8-4-2-3-5-9(8)17)10(6-7-15)11(12,13)14/h8-10,17H,2-7,15H2,1H3. The van der Waals surface area contributed by atoms with Crippen LogP contribution in [-0.4, -0.2) is 48.0 Å². The maximum atomic E-state index is 12.9. The molecule has 3 atom stereocenters. The highest BCUT2D eigenvalue weighted by molar-refractivity contribution is 4.88. The largest absolute Gasteiger partial charge is 0.404 e. The van der Waals surface area contributed by atoms with Gasteiger partial charge in [0.2, 0.25) is 0 Å². The van der Waals surface area contributed by atoms with Gasteiger partial charge in [-0.05, 0) is 32.9 Å². The highest BCUT2D eigenvalue weighted by atomic mass is 19.4. The molecular formula is C11H21F3N2O. The smallest absolute Gasteiger partial charge is 0.391 e. The third kappa shape index (κ3) is 3.82. The van der Waals surface area contributed by atoms with Gasteiger partial charge in [0.05, 0.1) is 6.10 Å². The van der Waals surface area contributed by atoms with Crippen LogP contribution in [0.1, 0.15) is 32.1 Å². The fraction of sp³-hybridized carbons (Fsp3) is 1.00. The second kappa shape index (κ2) is 6.02. The van der Waals surface area contributed by atoms with Gasteiger partial charge in [-0.25, -0.2) is 0 Å². The van der Waals surface area contributed by atoms with Crippen molar-refractivity contribution in [3.63, 3.8) is 0 Å². The van der Waals surface area contributed by atoms with E-state index in [0.717, 1.165) is 12.8 Å². The Balaban J connectivity index is 2.72. The fourth-order valence-electron chi connectivity index (χ4n) is 2.55. The summed E-state index contributed by atoms with van der Waals surface area (Å²) in [5.41, 5.74) is 5.24. The minimum atomic E-state index is -4.29. The molecule has 0 saturated heterocycles. The molecule has 3 nitrogen and oxygen atoms in total. The molecule has 0 aliphatic heterocycles. The molecule has 3 unspecified atom stereocenters. The highest BCUT2D eigenvalue weighted by Crippen LogP contribution is 2.31. The van der Waals surface area contributed by atoms with Gasteiger partial charge >= 0.3 is 6.18 Å². The van der Waals surface area contributed by atoms with Crippen molar-refractivity contribution in [2.24, 2.45) is 5.73 Å². The average Bonchev–Trinajstić information content (AvgIpc) is 2.24. The Hall–Kier alpha value is -0.330. The van der Waals surface area contributed by atoms with E-state index in [1.165, 1.54) is 11.9 Å². The molecule has 6 heteroatoms. The molecule has 0 amide bonds. The summed E-state index contributed by atoms with van der Waals surface area (Å²) in [5.74, 6) is 0. The Bertz CT molecular complexity index is 235. The highest BCUT2D eigenvalue weighted by Gasteiger charge is 2.44. The van der Waals surface area contributed by atoms with Gasteiger partial charge in [-0.15, -0.1) is 0 Å². The number of alkyl halides is 3. The lowest BCUT2D eigenvalue weighted by Crippen LogP contribution is -2.54. The zero-order valence-corrected chi connectivity index (χ0v) is 10.1. The fourth-order valence-corrected chi connectivity index (χ4v) is 2.55. The summed E-state index contributed by atoms with van der Waals surface area (Å²) in [6.07, 6.45) is -2.10. The molecule has 102 valence electrons. The first kappa shape index (κ1) is 14.7. The normalized spacial score (nSPS) is 28.4. The van der Waals surface area contributed by atoms with Gasteiger partial charge in [-0.2, -0.15) is 13.2 Å². The number of aliphatic hydroxyl groups excluding tert-OH is 1. The molecule has 1 aliphatic carbocycles. The van der Waals surface area contributed by atoms with E-state index in [1.807, 2.05) is 0 Å². The van der Waals surface area contributed by atoms with E-state index in [1.54, 1.807) is 0 Å². The lowest BCUT2D eigenvalue weighted by atomic mass is 9.90. The summed E-state index contributed by atoms with van der Waals surface area (Å²) < 4.78 is 38.6. The van der Waals surface area contributed by atoms with Crippen LogP contribution in [0, 0.1) is 0 Å². The van der Waals surface area contributed by atoms with Crippen molar-refractivity contribution in [1.82, 2.24) is 4.90 Å².